The molecule has 0 bridgehead atoms. The minimum Gasteiger partial charge on any atom is -0.497 e. The van der Waals surface area contributed by atoms with Crippen LogP contribution < -0.4 is 10.5 Å². The van der Waals surface area contributed by atoms with Gasteiger partial charge in [-0.2, -0.15) is 0 Å². The molecule has 3 heteroatoms. The molecule has 1 aliphatic heterocycles. The molecule has 1 aromatic carbocycles. The molecule has 20 heavy (non-hydrogen) atoms. The Hall–Kier alpha value is -1.06. The Morgan fingerprint density at radius 2 is 2.20 bits per heavy atom. The highest BCUT2D eigenvalue weighted by Crippen LogP contribution is 2.41. The minimum atomic E-state index is 0.543. The summed E-state index contributed by atoms with van der Waals surface area (Å²) >= 11 is 0. The Bertz CT molecular complexity index is 474. The van der Waals surface area contributed by atoms with E-state index in [4.69, 9.17) is 10.5 Å². The Kier molecular flexibility index (Phi) is 3.99. The molecule has 1 aromatic rings. The van der Waals surface area contributed by atoms with Crippen LogP contribution in [0.15, 0.2) is 18.2 Å². The van der Waals surface area contributed by atoms with Crippen LogP contribution in [0.3, 0.4) is 0 Å². The van der Waals surface area contributed by atoms with E-state index in [0.29, 0.717) is 12.1 Å². The highest BCUT2D eigenvalue weighted by Gasteiger charge is 2.35. The van der Waals surface area contributed by atoms with Crippen molar-refractivity contribution < 1.29 is 4.74 Å². The predicted octanol–water partition coefficient (Wildman–Crippen LogP) is 2.74. The summed E-state index contributed by atoms with van der Waals surface area (Å²) in [6.45, 7) is 4.32. The summed E-state index contributed by atoms with van der Waals surface area (Å²) in [5.74, 6) is 1.79. The van der Waals surface area contributed by atoms with E-state index in [2.05, 4.69) is 30.0 Å². The molecule has 2 N–H and O–H groups in total. The second-order valence-electron chi connectivity index (χ2n) is 6.38. The van der Waals surface area contributed by atoms with Gasteiger partial charge in [0.15, 0.2) is 0 Å². The van der Waals surface area contributed by atoms with Gasteiger partial charge < -0.3 is 10.5 Å². The smallest absolute Gasteiger partial charge is 0.119 e. The molecule has 1 aliphatic carbocycles. The quantitative estimate of drug-likeness (QED) is 0.921. The summed E-state index contributed by atoms with van der Waals surface area (Å²) < 4.78 is 5.40. The van der Waals surface area contributed by atoms with Crippen molar-refractivity contribution in [2.75, 3.05) is 20.2 Å². The molecule has 110 valence electrons. The average Bonchev–Trinajstić information content (AvgIpc) is 2.89. The van der Waals surface area contributed by atoms with Gasteiger partial charge in [0.25, 0.3) is 0 Å². The van der Waals surface area contributed by atoms with Gasteiger partial charge in [-0.05, 0) is 61.4 Å². The first-order chi connectivity index (χ1) is 9.72. The Morgan fingerprint density at radius 1 is 1.35 bits per heavy atom. The fourth-order valence-corrected chi connectivity index (χ4v) is 3.94. The van der Waals surface area contributed by atoms with Crippen molar-refractivity contribution in [1.29, 1.82) is 0 Å². The van der Waals surface area contributed by atoms with Crippen molar-refractivity contribution in [3.63, 3.8) is 0 Å². The second kappa shape index (κ2) is 5.74. The van der Waals surface area contributed by atoms with E-state index in [9.17, 15) is 0 Å². The van der Waals surface area contributed by atoms with Crippen LogP contribution in [-0.2, 0) is 6.42 Å². The number of hydrogen-bond donors (Lipinski definition) is 1. The van der Waals surface area contributed by atoms with Crippen molar-refractivity contribution in [2.24, 2.45) is 11.7 Å². The fourth-order valence-electron chi connectivity index (χ4n) is 3.94. The number of fused-ring (bicyclic) bond motifs is 1. The summed E-state index contributed by atoms with van der Waals surface area (Å²) in [6.07, 6.45) is 4.96. The Balaban J connectivity index is 1.86. The van der Waals surface area contributed by atoms with Gasteiger partial charge in [-0.25, -0.2) is 0 Å². The first-order valence-corrected chi connectivity index (χ1v) is 7.85. The highest BCUT2D eigenvalue weighted by molar-refractivity contribution is 5.41. The number of piperidine rings is 1. The number of nitrogens with zero attached hydrogens (tertiary/aromatic N) is 1. The average molecular weight is 274 g/mol. The summed E-state index contributed by atoms with van der Waals surface area (Å²) in [7, 11) is 1.75. The molecule has 2 aliphatic rings. The SMILES string of the molecule is COc1ccc2c(c1)C(N1CCC(C)CC1CN)CC2. The first-order valence-electron chi connectivity index (χ1n) is 7.85. The standard InChI is InChI=1S/C17H26N2O/c1-12-7-8-19(14(9-12)11-18)17-6-4-13-3-5-15(20-2)10-16(13)17/h3,5,10,12,14,17H,4,6-9,11,18H2,1-2H3. The van der Waals surface area contributed by atoms with Gasteiger partial charge in [0, 0.05) is 18.6 Å². The Labute approximate surface area is 122 Å². The molecular weight excluding hydrogens is 248 g/mol. The van der Waals surface area contributed by atoms with Crippen molar-refractivity contribution in [2.45, 2.75) is 44.7 Å². The number of likely N-dealkylation sites (tertiary alicyclic amines) is 1. The van der Waals surface area contributed by atoms with Crippen LogP contribution in [0.1, 0.15) is 43.4 Å². The van der Waals surface area contributed by atoms with Crippen molar-refractivity contribution in [3.05, 3.63) is 29.3 Å². The lowest BCUT2D eigenvalue weighted by Gasteiger charge is -2.42. The van der Waals surface area contributed by atoms with Crippen LogP contribution in [0.5, 0.6) is 5.75 Å². The lowest BCUT2D eigenvalue weighted by Crippen LogP contribution is -2.47. The molecule has 3 nitrogen and oxygen atoms in total. The van der Waals surface area contributed by atoms with Gasteiger partial charge in [-0.1, -0.05) is 13.0 Å². The Morgan fingerprint density at radius 3 is 2.95 bits per heavy atom. The fraction of sp³-hybridized carbons (Fsp3) is 0.647. The molecule has 3 unspecified atom stereocenters. The second-order valence-corrected chi connectivity index (χ2v) is 6.38. The molecule has 1 fully saturated rings. The number of rotatable bonds is 3. The van der Waals surface area contributed by atoms with Gasteiger partial charge in [0.2, 0.25) is 0 Å². The number of hydrogen-bond acceptors (Lipinski definition) is 3. The van der Waals surface area contributed by atoms with E-state index in [-0.39, 0.29) is 0 Å². The minimum absolute atomic E-state index is 0.543. The highest BCUT2D eigenvalue weighted by atomic mass is 16.5. The van der Waals surface area contributed by atoms with Gasteiger partial charge in [-0.15, -0.1) is 0 Å². The third kappa shape index (κ3) is 2.45. The van der Waals surface area contributed by atoms with Crippen LogP contribution in [0.4, 0.5) is 0 Å². The van der Waals surface area contributed by atoms with Crippen LogP contribution in [0.2, 0.25) is 0 Å². The lowest BCUT2D eigenvalue weighted by atomic mass is 9.90. The van der Waals surface area contributed by atoms with Crippen LogP contribution >= 0.6 is 0 Å². The number of ether oxygens (including phenoxy) is 1. The van der Waals surface area contributed by atoms with E-state index in [1.54, 1.807) is 7.11 Å². The predicted molar refractivity (Wildman–Crippen MR) is 82.0 cm³/mol. The van der Waals surface area contributed by atoms with E-state index in [0.717, 1.165) is 18.2 Å². The van der Waals surface area contributed by atoms with Gasteiger partial charge in [0.05, 0.1) is 7.11 Å². The maximum Gasteiger partial charge on any atom is 0.119 e. The van der Waals surface area contributed by atoms with Crippen molar-refractivity contribution >= 4 is 0 Å². The third-order valence-corrected chi connectivity index (χ3v) is 5.10. The maximum absolute atomic E-state index is 6.03. The molecule has 1 saturated heterocycles. The summed E-state index contributed by atoms with van der Waals surface area (Å²) in [6, 6.07) is 7.64. The number of methoxy groups -OCH3 is 1. The molecular formula is C17H26N2O. The maximum atomic E-state index is 6.03. The van der Waals surface area contributed by atoms with E-state index in [1.165, 1.54) is 43.4 Å². The molecule has 0 spiro atoms. The van der Waals surface area contributed by atoms with E-state index >= 15 is 0 Å². The van der Waals surface area contributed by atoms with Gasteiger partial charge >= 0.3 is 0 Å². The molecule has 3 atom stereocenters. The largest absolute Gasteiger partial charge is 0.497 e. The molecule has 0 aromatic heterocycles. The summed E-state index contributed by atoms with van der Waals surface area (Å²) in [5, 5.41) is 0. The zero-order chi connectivity index (χ0) is 14.1. The van der Waals surface area contributed by atoms with Crippen molar-refractivity contribution in [1.82, 2.24) is 4.90 Å². The van der Waals surface area contributed by atoms with E-state index < -0.39 is 0 Å². The zero-order valence-electron chi connectivity index (χ0n) is 12.6. The summed E-state index contributed by atoms with van der Waals surface area (Å²) in [4.78, 5) is 2.66. The lowest BCUT2D eigenvalue weighted by molar-refractivity contribution is 0.0759. The normalized spacial score (nSPS) is 30.2. The van der Waals surface area contributed by atoms with Crippen molar-refractivity contribution in [3.8, 4) is 5.75 Å². The molecule has 0 amide bonds. The van der Waals surface area contributed by atoms with E-state index in [1.807, 2.05) is 0 Å². The molecule has 0 radical (unpaired) electrons. The molecule has 1 heterocycles. The van der Waals surface area contributed by atoms with Crippen LogP contribution in [0.25, 0.3) is 0 Å². The number of benzene rings is 1. The molecule has 0 saturated carbocycles. The first kappa shape index (κ1) is 13.9. The number of aryl methyl sites for hydroxylation is 1. The van der Waals surface area contributed by atoms with Crippen LogP contribution in [0, 0.1) is 5.92 Å². The monoisotopic (exact) mass is 274 g/mol. The topological polar surface area (TPSA) is 38.5 Å². The number of nitrogens with two attached hydrogens (primary N) is 1. The molecule has 3 rings (SSSR count). The third-order valence-electron chi connectivity index (χ3n) is 5.10. The zero-order valence-corrected chi connectivity index (χ0v) is 12.6. The van der Waals surface area contributed by atoms with Gasteiger partial charge in [0.1, 0.15) is 5.75 Å². The summed E-state index contributed by atoms with van der Waals surface area (Å²) in [5.41, 5.74) is 8.99. The van der Waals surface area contributed by atoms with Crippen LogP contribution in [-0.4, -0.2) is 31.1 Å². The van der Waals surface area contributed by atoms with Gasteiger partial charge in [-0.3, -0.25) is 4.90 Å².